The van der Waals surface area contributed by atoms with Crippen molar-refractivity contribution in [2.24, 2.45) is 0 Å². The lowest BCUT2D eigenvalue weighted by Crippen LogP contribution is -2.39. The van der Waals surface area contributed by atoms with Crippen LogP contribution in [0.2, 0.25) is 0 Å². The van der Waals surface area contributed by atoms with Gasteiger partial charge in [-0.15, -0.1) is 5.10 Å². The molecule has 1 saturated heterocycles. The third-order valence-corrected chi connectivity index (χ3v) is 4.81. The minimum atomic E-state index is -0.165. The highest BCUT2D eigenvalue weighted by molar-refractivity contribution is 5.94. The van der Waals surface area contributed by atoms with Crippen LogP contribution >= 0.6 is 0 Å². The molecular formula is C17H21N7O2. The van der Waals surface area contributed by atoms with E-state index in [0.29, 0.717) is 36.2 Å². The summed E-state index contributed by atoms with van der Waals surface area (Å²) in [5.74, 6) is 0.189. The Morgan fingerprint density at radius 3 is 2.58 bits per heavy atom. The smallest absolute Gasteiger partial charge is 0.273 e. The lowest BCUT2D eigenvalue weighted by Gasteiger charge is -2.31. The minimum Gasteiger partial charge on any atom is -0.384 e. The summed E-state index contributed by atoms with van der Waals surface area (Å²) in [6.45, 7) is 1.24. The van der Waals surface area contributed by atoms with Gasteiger partial charge in [-0.3, -0.25) is 9.59 Å². The molecule has 2 amide bonds. The fourth-order valence-electron chi connectivity index (χ4n) is 3.09. The van der Waals surface area contributed by atoms with Crippen LogP contribution in [-0.4, -0.2) is 55.8 Å². The first-order valence-corrected chi connectivity index (χ1v) is 8.83. The molecule has 2 fully saturated rings. The molecule has 2 aromatic rings. The quantitative estimate of drug-likeness (QED) is 0.830. The minimum absolute atomic E-state index is 0.0426. The normalized spacial score (nSPS) is 17.9. The highest BCUT2D eigenvalue weighted by Crippen LogP contribution is 2.23. The number of carbonyl (C=O) groups is 2. The first-order chi connectivity index (χ1) is 12.6. The van der Waals surface area contributed by atoms with E-state index < -0.39 is 0 Å². The van der Waals surface area contributed by atoms with E-state index in [1.165, 1.54) is 6.20 Å². The van der Waals surface area contributed by atoms with E-state index in [-0.39, 0.29) is 17.9 Å². The fourth-order valence-corrected chi connectivity index (χ4v) is 3.09. The number of carbonyl (C=O) groups excluding carboxylic acids is 2. The Bertz CT molecular complexity index is 805. The van der Waals surface area contributed by atoms with Crippen molar-refractivity contribution in [3.63, 3.8) is 0 Å². The SMILES string of the molecule is Nc1ccc(C(=O)N2CCC(n3cc(C(=O)NC4CC4)nn3)CC2)cn1. The number of pyridine rings is 1. The number of amides is 2. The number of nitrogens with zero attached hydrogens (tertiary/aromatic N) is 5. The van der Waals surface area contributed by atoms with Crippen molar-refractivity contribution in [3.8, 4) is 0 Å². The Morgan fingerprint density at radius 1 is 1.15 bits per heavy atom. The van der Waals surface area contributed by atoms with Crippen molar-refractivity contribution in [2.45, 2.75) is 37.8 Å². The molecule has 0 radical (unpaired) electrons. The van der Waals surface area contributed by atoms with Crippen LogP contribution in [0.5, 0.6) is 0 Å². The van der Waals surface area contributed by atoms with Crippen LogP contribution in [0.15, 0.2) is 24.5 Å². The van der Waals surface area contributed by atoms with Gasteiger partial charge in [-0.25, -0.2) is 9.67 Å². The molecule has 4 rings (SSSR count). The molecule has 0 spiro atoms. The van der Waals surface area contributed by atoms with E-state index in [4.69, 9.17) is 5.73 Å². The summed E-state index contributed by atoms with van der Waals surface area (Å²) >= 11 is 0. The third-order valence-electron chi connectivity index (χ3n) is 4.81. The molecule has 9 nitrogen and oxygen atoms in total. The highest BCUT2D eigenvalue weighted by Gasteiger charge is 2.28. The van der Waals surface area contributed by atoms with Crippen LogP contribution in [0.4, 0.5) is 5.82 Å². The number of nitrogen functional groups attached to an aromatic ring is 1. The van der Waals surface area contributed by atoms with Gasteiger partial charge in [0.25, 0.3) is 11.8 Å². The molecule has 9 heteroatoms. The molecule has 0 unspecified atom stereocenters. The number of rotatable bonds is 4. The van der Waals surface area contributed by atoms with Gasteiger partial charge < -0.3 is 16.0 Å². The van der Waals surface area contributed by atoms with Crippen LogP contribution in [0.3, 0.4) is 0 Å². The van der Waals surface area contributed by atoms with E-state index in [1.54, 1.807) is 27.9 Å². The summed E-state index contributed by atoms with van der Waals surface area (Å²) in [6, 6.07) is 3.76. The number of nitrogens with one attached hydrogen (secondary N) is 1. The number of likely N-dealkylation sites (tertiary alicyclic amines) is 1. The van der Waals surface area contributed by atoms with Crippen molar-refractivity contribution in [1.82, 2.24) is 30.2 Å². The molecule has 1 saturated carbocycles. The first-order valence-electron chi connectivity index (χ1n) is 8.83. The first kappa shape index (κ1) is 16.5. The Kier molecular flexibility index (Phi) is 4.27. The maximum atomic E-state index is 12.5. The van der Waals surface area contributed by atoms with Crippen molar-refractivity contribution in [1.29, 1.82) is 0 Å². The van der Waals surface area contributed by atoms with E-state index in [9.17, 15) is 9.59 Å². The molecule has 1 aliphatic carbocycles. The summed E-state index contributed by atoms with van der Waals surface area (Å²) in [5, 5.41) is 11.0. The molecule has 0 bridgehead atoms. The zero-order valence-electron chi connectivity index (χ0n) is 14.3. The predicted octanol–water partition coefficient (Wildman–Crippen LogP) is 0.625. The van der Waals surface area contributed by atoms with Crippen LogP contribution in [-0.2, 0) is 0 Å². The number of nitrogens with two attached hydrogens (primary N) is 1. The molecule has 2 aliphatic rings. The number of hydrogen-bond acceptors (Lipinski definition) is 6. The molecule has 0 atom stereocenters. The summed E-state index contributed by atoms with van der Waals surface area (Å²) in [4.78, 5) is 30.3. The highest BCUT2D eigenvalue weighted by atomic mass is 16.2. The maximum Gasteiger partial charge on any atom is 0.273 e. The lowest BCUT2D eigenvalue weighted by atomic mass is 10.0. The van der Waals surface area contributed by atoms with Crippen molar-refractivity contribution < 1.29 is 9.59 Å². The second kappa shape index (κ2) is 6.74. The Hall–Kier alpha value is -2.97. The average molecular weight is 355 g/mol. The van der Waals surface area contributed by atoms with Crippen LogP contribution < -0.4 is 11.1 Å². The van der Waals surface area contributed by atoms with Gasteiger partial charge in [-0.2, -0.15) is 0 Å². The summed E-state index contributed by atoms with van der Waals surface area (Å²) < 4.78 is 1.74. The monoisotopic (exact) mass is 355 g/mol. The van der Waals surface area contributed by atoms with Crippen molar-refractivity contribution in [2.75, 3.05) is 18.8 Å². The molecule has 136 valence electrons. The Labute approximate surface area is 150 Å². The van der Waals surface area contributed by atoms with Crippen LogP contribution in [0.25, 0.3) is 0 Å². The summed E-state index contributed by atoms with van der Waals surface area (Å²) in [7, 11) is 0. The zero-order chi connectivity index (χ0) is 18.1. The van der Waals surface area contributed by atoms with Crippen molar-refractivity contribution >= 4 is 17.6 Å². The second-order valence-electron chi connectivity index (χ2n) is 6.83. The number of anilines is 1. The topological polar surface area (TPSA) is 119 Å². The van der Waals surface area contributed by atoms with Gasteiger partial charge in [0.15, 0.2) is 5.69 Å². The molecule has 3 N–H and O–H groups in total. The zero-order valence-corrected chi connectivity index (χ0v) is 14.3. The Morgan fingerprint density at radius 2 is 1.92 bits per heavy atom. The van der Waals surface area contributed by atoms with Crippen LogP contribution in [0.1, 0.15) is 52.6 Å². The van der Waals surface area contributed by atoms with Gasteiger partial charge in [0.2, 0.25) is 0 Å². The number of hydrogen-bond donors (Lipinski definition) is 2. The second-order valence-corrected chi connectivity index (χ2v) is 6.83. The average Bonchev–Trinajstić information content (AvgIpc) is 3.33. The van der Waals surface area contributed by atoms with Crippen molar-refractivity contribution in [3.05, 3.63) is 35.8 Å². The van der Waals surface area contributed by atoms with Gasteiger partial charge in [0.1, 0.15) is 5.82 Å². The standard InChI is InChI=1S/C17H21N7O2/c18-15-4-1-11(9-19-15)17(26)23-7-5-13(6-8-23)24-10-14(21-22-24)16(25)20-12-2-3-12/h1,4,9-10,12-13H,2-3,5-8H2,(H2,18,19)(H,20,25). The Balaban J connectivity index is 1.34. The van der Waals surface area contributed by atoms with E-state index >= 15 is 0 Å². The molecular weight excluding hydrogens is 334 g/mol. The van der Waals surface area contributed by atoms with E-state index in [1.807, 2.05) is 0 Å². The predicted molar refractivity (Wildman–Crippen MR) is 93.3 cm³/mol. The number of aromatic nitrogens is 4. The van der Waals surface area contributed by atoms with Gasteiger partial charge in [-0.1, -0.05) is 5.21 Å². The number of piperidine rings is 1. The van der Waals surface area contributed by atoms with E-state index in [2.05, 4.69) is 20.6 Å². The third kappa shape index (κ3) is 3.51. The van der Waals surface area contributed by atoms with Crippen LogP contribution in [0, 0.1) is 0 Å². The van der Waals surface area contributed by atoms with Gasteiger partial charge in [-0.05, 0) is 37.8 Å². The molecule has 0 aromatic carbocycles. The largest absolute Gasteiger partial charge is 0.384 e. The lowest BCUT2D eigenvalue weighted by molar-refractivity contribution is 0.0688. The molecule has 1 aliphatic heterocycles. The van der Waals surface area contributed by atoms with Gasteiger partial charge in [0.05, 0.1) is 17.8 Å². The molecule has 26 heavy (non-hydrogen) atoms. The molecule has 2 aromatic heterocycles. The fraction of sp³-hybridized carbons (Fsp3) is 0.471. The summed E-state index contributed by atoms with van der Waals surface area (Å²) in [5.41, 5.74) is 6.45. The summed E-state index contributed by atoms with van der Waals surface area (Å²) in [6.07, 6.45) is 6.81. The maximum absolute atomic E-state index is 12.5. The van der Waals surface area contributed by atoms with Gasteiger partial charge >= 0.3 is 0 Å². The van der Waals surface area contributed by atoms with E-state index in [0.717, 1.165) is 25.7 Å². The molecule has 3 heterocycles. The van der Waals surface area contributed by atoms with Gasteiger partial charge in [0, 0.05) is 25.3 Å².